The highest BCUT2D eigenvalue weighted by Crippen LogP contribution is 2.38. The normalized spacial score (nSPS) is 14.7. The molecule has 2 aromatic carbocycles. The van der Waals surface area contributed by atoms with Crippen LogP contribution in [0.15, 0.2) is 60.4 Å². The third-order valence-corrected chi connectivity index (χ3v) is 3.73. The molecule has 0 unspecified atom stereocenters. The van der Waals surface area contributed by atoms with Gasteiger partial charge in [-0.1, -0.05) is 48.0 Å². The zero-order valence-corrected chi connectivity index (χ0v) is 13.3. The Morgan fingerprint density at radius 1 is 1.17 bits per heavy atom. The fraction of sp³-hybridized carbons (Fsp3) is 0.105. The molecule has 1 aliphatic rings. The number of halogens is 1. The molecule has 1 heterocycles. The van der Waals surface area contributed by atoms with Gasteiger partial charge in [-0.25, -0.2) is 4.79 Å². The van der Waals surface area contributed by atoms with Crippen LogP contribution in [-0.4, -0.2) is 12.6 Å². The Labute approximate surface area is 139 Å². The largest absolute Gasteiger partial charge is 0.463 e. The van der Waals surface area contributed by atoms with Gasteiger partial charge in [-0.2, -0.15) is 0 Å². The van der Waals surface area contributed by atoms with Crippen LogP contribution in [0.4, 0.5) is 0 Å². The molecule has 0 spiro atoms. The zero-order chi connectivity index (χ0) is 16.2. The van der Waals surface area contributed by atoms with Crippen LogP contribution < -0.4 is 4.74 Å². The number of rotatable bonds is 3. The van der Waals surface area contributed by atoms with Crippen molar-refractivity contribution in [3.63, 3.8) is 0 Å². The first kappa shape index (κ1) is 15.4. The summed E-state index contributed by atoms with van der Waals surface area (Å²) in [4.78, 5) is 11.8. The van der Waals surface area contributed by atoms with Crippen LogP contribution in [0.1, 0.15) is 18.1 Å². The highest BCUT2D eigenvalue weighted by Gasteiger charge is 2.21. The molecule has 0 amide bonds. The maximum Gasteiger partial charge on any atom is 0.334 e. The van der Waals surface area contributed by atoms with Crippen molar-refractivity contribution >= 4 is 29.2 Å². The zero-order valence-electron chi connectivity index (χ0n) is 12.6. The number of hydrogen-bond donors (Lipinski definition) is 0. The summed E-state index contributed by atoms with van der Waals surface area (Å²) in [5.74, 6) is 0.675. The second-order valence-electron chi connectivity index (χ2n) is 4.94. The van der Waals surface area contributed by atoms with Crippen molar-refractivity contribution in [2.75, 3.05) is 6.61 Å². The van der Waals surface area contributed by atoms with Crippen molar-refractivity contribution in [3.8, 4) is 5.75 Å². The van der Waals surface area contributed by atoms with Crippen LogP contribution in [0.25, 0.3) is 11.6 Å². The number of ether oxygens (including phenoxy) is 2. The van der Waals surface area contributed by atoms with Crippen LogP contribution in [0.3, 0.4) is 0 Å². The Morgan fingerprint density at radius 2 is 1.91 bits per heavy atom. The first-order chi connectivity index (χ1) is 11.2. The van der Waals surface area contributed by atoms with E-state index in [9.17, 15) is 4.79 Å². The van der Waals surface area contributed by atoms with E-state index in [0.717, 1.165) is 16.7 Å². The molecule has 0 saturated carbocycles. The summed E-state index contributed by atoms with van der Waals surface area (Å²) in [5.41, 5.74) is 2.49. The molecule has 2 aromatic rings. The first-order valence-electron chi connectivity index (χ1n) is 7.31. The Bertz CT molecular complexity index is 806. The van der Waals surface area contributed by atoms with Crippen molar-refractivity contribution in [3.05, 3.63) is 76.5 Å². The molecule has 0 N–H and O–H groups in total. The highest BCUT2D eigenvalue weighted by molar-refractivity contribution is 6.32. The Kier molecular flexibility index (Phi) is 4.49. The lowest BCUT2D eigenvalue weighted by atomic mass is 9.98. The van der Waals surface area contributed by atoms with E-state index in [1.807, 2.05) is 48.5 Å². The number of para-hydroxylation sites is 1. The average Bonchev–Trinajstić information content (AvgIpc) is 2.55. The molecule has 3 nitrogen and oxygen atoms in total. The smallest absolute Gasteiger partial charge is 0.334 e. The van der Waals surface area contributed by atoms with Gasteiger partial charge in [-0.15, -0.1) is 0 Å². The van der Waals surface area contributed by atoms with Crippen molar-refractivity contribution < 1.29 is 14.3 Å². The third-order valence-electron chi connectivity index (χ3n) is 3.40. The van der Waals surface area contributed by atoms with Crippen LogP contribution in [0.5, 0.6) is 5.75 Å². The van der Waals surface area contributed by atoms with Crippen molar-refractivity contribution in [1.29, 1.82) is 0 Å². The van der Waals surface area contributed by atoms with Gasteiger partial charge in [0.05, 0.1) is 12.7 Å². The molecule has 0 aliphatic carbocycles. The minimum Gasteiger partial charge on any atom is -0.463 e. The van der Waals surface area contributed by atoms with E-state index >= 15 is 0 Å². The fourth-order valence-corrected chi connectivity index (χ4v) is 2.62. The summed E-state index contributed by atoms with van der Waals surface area (Å²) >= 11 is 6.31. The highest BCUT2D eigenvalue weighted by atomic mass is 35.5. The van der Waals surface area contributed by atoms with Crippen molar-refractivity contribution in [2.24, 2.45) is 0 Å². The number of esters is 1. The summed E-state index contributed by atoms with van der Waals surface area (Å²) < 4.78 is 10.9. The topological polar surface area (TPSA) is 35.5 Å². The van der Waals surface area contributed by atoms with Gasteiger partial charge in [0.1, 0.15) is 11.5 Å². The van der Waals surface area contributed by atoms with Gasteiger partial charge < -0.3 is 9.47 Å². The number of hydrogen-bond acceptors (Lipinski definition) is 3. The summed E-state index contributed by atoms with van der Waals surface area (Å²) in [6.45, 7) is 2.07. The van der Waals surface area contributed by atoms with E-state index in [1.165, 1.54) is 6.08 Å². The van der Waals surface area contributed by atoms with E-state index in [2.05, 4.69) is 0 Å². The van der Waals surface area contributed by atoms with E-state index in [-0.39, 0.29) is 0 Å². The number of benzene rings is 2. The van der Waals surface area contributed by atoms with Gasteiger partial charge >= 0.3 is 5.97 Å². The molecule has 3 rings (SSSR count). The lowest BCUT2D eigenvalue weighted by Crippen LogP contribution is -2.09. The lowest BCUT2D eigenvalue weighted by Gasteiger charge is -2.21. The molecule has 1 aliphatic heterocycles. The lowest BCUT2D eigenvalue weighted by molar-refractivity contribution is -0.137. The number of fused-ring (bicyclic) bond motifs is 1. The predicted molar refractivity (Wildman–Crippen MR) is 91.1 cm³/mol. The summed E-state index contributed by atoms with van der Waals surface area (Å²) in [6, 6.07) is 15.1. The number of allylic oxidation sites excluding steroid dienone is 1. The van der Waals surface area contributed by atoms with E-state index in [4.69, 9.17) is 21.1 Å². The third kappa shape index (κ3) is 3.30. The minimum atomic E-state index is -0.445. The molecule has 4 heteroatoms. The standard InChI is InChI=1S/C19H15ClO3/c1-2-22-19(21)12-18-15(14-8-4-5-9-16(14)20)11-13-7-3-6-10-17(13)23-18/h3-12H,2H2,1H3/b18-12-. The molecular weight excluding hydrogens is 312 g/mol. The minimum absolute atomic E-state index is 0.310. The molecule has 116 valence electrons. The SMILES string of the molecule is CCOC(=O)/C=C1\Oc2ccccc2C=C1c1ccccc1Cl. The monoisotopic (exact) mass is 326 g/mol. The summed E-state index contributed by atoms with van der Waals surface area (Å²) in [5, 5.41) is 0.594. The maximum atomic E-state index is 11.8. The van der Waals surface area contributed by atoms with Crippen LogP contribution >= 0.6 is 11.6 Å². The molecule has 0 atom stereocenters. The Morgan fingerprint density at radius 3 is 2.70 bits per heavy atom. The van der Waals surface area contributed by atoms with Crippen molar-refractivity contribution in [1.82, 2.24) is 0 Å². The quantitative estimate of drug-likeness (QED) is 0.604. The Hall–Kier alpha value is -2.52. The summed E-state index contributed by atoms with van der Waals surface area (Å²) in [7, 11) is 0. The average molecular weight is 327 g/mol. The van der Waals surface area contributed by atoms with Crippen LogP contribution in [0, 0.1) is 0 Å². The molecule has 0 aromatic heterocycles. The predicted octanol–water partition coefficient (Wildman–Crippen LogP) is 4.72. The number of carbonyl (C=O) groups excluding carboxylic acids is 1. The van der Waals surface area contributed by atoms with Gasteiger partial charge in [0.15, 0.2) is 0 Å². The first-order valence-corrected chi connectivity index (χ1v) is 7.69. The van der Waals surface area contributed by atoms with Gasteiger partial charge in [0.2, 0.25) is 0 Å². The van der Waals surface area contributed by atoms with Crippen LogP contribution in [-0.2, 0) is 9.53 Å². The van der Waals surface area contributed by atoms with E-state index < -0.39 is 5.97 Å². The van der Waals surface area contributed by atoms with Crippen LogP contribution in [0.2, 0.25) is 5.02 Å². The second-order valence-corrected chi connectivity index (χ2v) is 5.35. The van der Waals surface area contributed by atoms with Crippen molar-refractivity contribution in [2.45, 2.75) is 6.92 Å². The maximum absolute atomic E-state index is 11.8. The molecule has 0 bridgehead atoms. The van der Waals surface area contributed by atoms with Gasteiger partial charge in [0.25, 0.3) is 0 Å². The van der Waals surface area contributed by atoms with E-state index in [1.54, 1.807) is 13.0 Å². The molecule has 0 fully saturated rings. The molecular formula is C19H15ClO3. The van der Waals surface area contributed by atoms with Gasteiger partial charge in [0, 0.05) is 21.7 Å². The Balaban J connectivity index is 2.12. The summed E-state index contributed by atoms with van der Waals surface area (Å²) in [6.07, 6.45) is 3.32. The molecule has 0 saturated heterocycles. The van der Waals surface area contributed by atoms with E-state index in [0.29, 0.717) is 23.1 Å². The van der Waals surface area contributed by atoms with Gasteiger partial charge in [-0.3, -0.25) is 0 Å². The second kappa shape index (κ2) is 6.71. The number of carbonyl (C=O) groups is 1. The molecule has 0 radical (unpaired) electrons. The molecule has 23 heavy (non-hydrogen) atoms. The fourth-order valence-electron chi connectivity index (χ4n) is 2.38. The van der Waals surface area contributed by atoms with Gasteiger partial charge in [-0.05, 0) is 25.1 Å².